The Balaban J connectivity index is 1.46. The molecule has 1 aliphatic carbocycles. The molecule has 3 aromatic rings. The molecule has 8 nitrogen and oxygen atoms in total. The highest BCUT2D eigenvalue weighted by Crippen LogP contribution is 2.26. The first-order valence-electron chi connectivity index (χ1n) is 10.1. The van der Waals surface area contributed by atoms with Crippen LogP contribution in [-0.2, 0) is 31.1 Å². The Hall–Kier alpha value is -3.16. The number of nitrogens with zero attached hydrogens (tertiary/aromatic N) is 4. The van der Waals surface area contributed by atoms with Gasteiger partial charge >= 0.3 is 0 Å². The van der Waals surface area contributed by atoms with Gasteiger partial charge in [-0.05, 0) is 37.8 Å². The fourth-order valence-corrected chi connectivity index (χ4v) is 4.41. The van der Waals surface area contributed by atoms with E-state index in [-0.39, 0.29) is 18.2 Å². The van der Waals surface area contributed by atoms with Gasteiger partial charge in [0.1, 0.15) is 11.6 Å². The van der Waals surface area contributed by atoms with Crippen LogP contribution in [0.4, 0.5) is 0 Å². The van der Waals surface area contributed by atoms with Gasteiger partial charge in [0.25, 0.3) is 5.91 Å². The van der Waals surface area contributed by atoms with E-state index in [1.807, 2.05) is 36.0 Å². The molecule has 2 amide bonds. The Labute approximate surface area is 167 Å². The highest BCUT2D eigenvalue weighted by molar-refractivity contribution is 5.98. The first-order valence-corrected chi connectivity index (χ1v) is 10.1. The maximum absolute atomic E-state index is 13.4. The SMILES string of the molecule is Cn1nc(C(=O)N2CCNC(=O)C2Cc2nc3ccccc3o2)c2c1CCCC2. The number of para-hydroxylation sites is 2. The largest absolute Gasteiger partial charge is 0.441 e. The van der Waals surface area contributed by atoms with Gasteiger partial charge < -0.3 is 14.6 Å². The summed E-state index contributed by atoms with van der Waals surface area (Å²) in [5, 5.41) is 7.39. The molecule has 1 aromatic carbocycles. The molecule has 0 radical (unpaired) electrons. The second-order valence-electron chi connectivity index (χ2n) is 7.69. The number of hydrogen-bond acceptors (Lipinski definition) is 5. The third-order valence-electron chi connectivity index (χ3n) is 5.87. The fourth-order valence-electron chi connectivity index (χ4n) is 4.41. The molecule has 0 bridgehead atoms. The van der Waals surface area contributed by atoms with Gasteiger partial charge in [0, 0.05) is 31.4 Å². The van der Waals surface area contributed by atoms with E-state index in [4.69, 9.17) is 4.42 Å². The van der Waals surface area contributed by atoms with E-state index in [0.29, 0.717) is 30.3 Å². The Kier molecular flexibility index (Phi) is 4.34. The lowest BCUT2D eigenvalue weighted by atomic mass is 9.95. The number of nitrogens with one attached hydrogen (secondary N) is 1. The average molecular weight is 393 g/mol. The van der Waals surface area contributed by atoms with Crippen LogP contribution in [0, 0.1) is 0 Å². The summed E-state index contributed by atoms with van der Waals surface area (Å²) in [5.74, 6) is 0.0884. The third-order valence-corrected chi connectivity index (χ3v) is 5.87. The minimum absolute atomic E-state index is 0.181. The highest BCUT2D eigenvalue weighted by atomic mass is 16.3. The molecule has 0 spiro atoms. The molecule has 3 heterocycles. The van der Waals surface area contributed by atoms with E-state index in [0.717, 1.165) is 42.5 Å². The van der Waals surface area contributed by atoms with Crippen LogP contribution in [0.2, 0.25) is 0 Å². The maximum atomic E-state index is 13.4. The van der Waals surface area contributed by atoms with Crippen molar-refractivity contribution in [3.8, 4) is 0 Å². The number of hydrogen-bond donors (Lipinski definition) is 1. The highest BCUT2D eigenvalue weighted by Gasteiger charge is 2.37. The summed E-state index contributed by atoms with van der Waals surface area (Å²) in [5.41, 5.74) is 4.08. The summed E-state index contributed by atoms with van der Waals surface area (Å²) in [7, 11) is 1.89. The molecule has 1 fully saturated rings. The number of oxazole rings is 1. The molecule has 1 N–H and O–H groups in total. The number of benzene rings is 1. The zero-order valence-electron chi connectivity index (χ0n) is 16.4. The molecule has 1 aliphatic heterocycles. The van der Waals surface area contributed by atoms with Crippen molar-refractivity contribution in [1.82, 2.24) is 25.0 Å². The Morgan fingerprint density at radius 1 is 1.28 bits per heavy atom. The first kappa shape index (κ1) is 17.9. The van der Waals surface area contributed by atoms with Gasteiger partial charge in [-0.2, -0.15) is 5.10 Å². The van der Waals surface area contributed by atoms with Crippen LogP contribution >= 0.6 is 0 Å². The molecule has 1 saturated heterocycles. The molecule has 1 unspecified atom stereocenters. The van der Waals surface area contributed by atoms with Gasteiger partial charge in [0.15, 0.2) is 17.2 Å². The van der Waals surface area contributed by atoms with Crippen molar-refractivity contribution in [2.24, 2.45) is 7.05 Å². The van der Waals surface area contributed by atoms with Crippen LogP contribution < -0.4 is 5.32 Å². The molecule has 29 heavy (non-hydrogen) atoms. The Morgan fingerprint density at radius 3 is 2.97 bits per heavy atom. The van der Waals surface area contributed by atoms with Crippen LogP contribution in [0.5, 0.6) is 0 Å². The van der Waals surface area contributed by atoms with Crippen molar-refractivity contribution in [1.29, 1.82) is 0 Å². The zero-order valence-corrected chi connectivity index (χ0v) is 16.4. The van der Waals surface area contributed by atoms with Crippen molar-refractivity contribution in [3.63, 3.8) is 0 Å². The van der Waals surface area contributed by atoms with Gasteiger partial charge in [0.2, 0.25) is 5.91 Å². The van der Waals surface area contributed by atoms with Crippen molar-refractivity contribution in [2.45, 2.75) is 38.1 Å². The summed E-state index contributed by atoms with van der Waals surface area (Å²) in [6.07, 6.45) is 4.22. The predicted molar refractivity (Wildman–Crippen MR) is 105 cm³/mol. The lowest BCUT2D eigenvalue weighted by molar-refractivity contribution is -0.127. The van der Waals surface area contributed by atoms with E-state index < -0.39 is 6.04 Å². The van der Waals surface area contributed by atoms with E-state index >= 15 is 0 Å². The predicted octanol–water partition coefficient (Wildman–Crippen LogP) is 1.62. The zero-order chi connectivity index (χ0) is 20.0. The van der Waals surface area contributed by atoms with E-state index in [9.17, 15) is 9.59 Å². The molecule has 8 heteroatoms. The molecular weight excluding hydrogens is 370 g/mol. The first-order chi connectivity index (χ1) is 14.1. The van der Waals surface area contributed by atoms with Crippen LogP contribution in [0.15, 0.2) is 28.7 Å². The molecule has 2 aromatic heterocycles. The van der Waals surface area contributed by atoms with Crippen LogP contribution in [0.3, 0.4) is 0 Å². The van der Waals surface area contributed by atoms with Crippen molar-refractivity contribution >= 4 is 22.9 Å². The van der Waals surface area contributed by atoms with Gasteiger partial charge in [-0.3, -0.25) is 14.3 Å². The number of rotatable bonds is 3. The molecule has 2 aliphatic rings. The third kappa shape index (κ3) is 3.08. The van der Waals surface area contributed by atoms with Crippen molar-refractivity contribution in [2.75, 3.05) is 13.1 Å². The van der Waals surface area contributed by atoms with Gasteiger partial charge in [-0.15, -0.1) is 0 Å². The number of carbonyl (C=O) groups is 2. The molecular formula is C21H23N5O3. The van der Waals surface area contributed by atoms with Crippen molar-refractivity contribution < 1.29 is 14.0 Å². The van der Waals surface area contributed by atoms with Gasteiger partial charge in [-0.25, -0.2) is 4.98 Å². The van der Waals surface area contributed by atoms with E-state index in [2.05, 4.69) is 15.4 Å². The maximum Gasteiger partial charge on any atom is 0.275 e. The second-order valence-corrected chi connectivity index (χ2v) is 7.69. The summed E-state index contributed by atoms with van der Waals surface area (Å²) >= 11 is 0. The number of fused-ring (bicyclic) bond motifs is 2. The van der Waals surface area contributed by atoms with Crippen LogP contribution in [0.25, 0.3) is 11.1 Å². The summed E-state index contributed by atoms with van der Waals surface area (Å²) < 4.78 is 7.62. The minimum atomic E-state index is -0.662. The minimum Gasteiger partial charge on any atom is -0.441 e. The summed E-state index contributed by atoms with van der Waals surface area (Å²) in [4.78, 5) is 32.2. The summed E-state index contributed by atoms with van der Waals surface area (Å²) in [6, 6.07) is 6.82. The number of carbonyl (C=O) groups excluding carboxylic acids is 2. The summed E-state index contributed by atoms with van der Waals surface area (Å²) in [6.45, 7) is 0.879. The lowest BCUT2D eigenvalue weighted by Crippen LogP contribution is -2.58. The average Bonchev–Trinajstić information content (AvgIpc) is 3.30. The monoisotopic (exact) mass is 393 g/mol. The fraction of sp³-hybridized carbons (Fsp3) is 0.429. The second kappa shape index (κ2) is 7.02. The van der Waals surface area contributed by atoms with Crippen LogP contribution in [-0.4, -0.2) is 50.6 Å². The Morgan fingerprint density at radius 2 is 2.10 bits per heavy atom. The quantitative estimate of drug-likeness (QED) is 0.730. The molecule has 0 saturated carbocycles. The standard InChI is InChI=1S/C21H23N5O3/c1-25-15-8-4-2-6-13(15)19(24-25)21(28)26-11-10-22-20(27)16(26)12-18-23-14-7-3-5-9-17(14)29-18/h3,5,7,9,16H,2,4,6,8,10-12H2,1H3,(H,22,27). The number of aryl methyl sites for hydroxylation is 1. The van der Waals surface area contributed by atoms with Gasteiger partial charge in [0.05, 0.1) is 6.42 Å². The lowest BCUT2D eigenvalue weighted by Gasteiger charge is -2.34. The van der Waals surface area contributed by atoms with Crippen LogP contribution in [0.1, 0.15) is 40.5 Å². The molecule has 1 atom stereocenters. The van der Waals surface area contributed by atoms with Gasteiger partial charge in [-0.1, -0.05) is 12.1 Å². The number of piperazine rings is 1. The smallest absolute Gasteiger partial charge is 0.275 e. The number of amides is 2. The normalized spacial score (nSPS) is 19.3. The molecule has 5 rings (SSSR count). The van der Waals surface area contributed by atoms with E-state index in [1.54, 1.807) is 4.90 Å². The van der Waals surface area contributed by atoms with E-state index in [1.165, 1.54) is 0 Å². The van der Waals surface area contributed by atoms with Crippen molar-refractivity contribution in [3.05, 3.63) is 47.1 Å². The topological polar surface area (TPSA) is 93.3 Å². The Bertz CT molecular complexity index is 1070. The number of aromatic nitrogens is 3. The molecule has 150 valence electrons.